The van der Waals surface area contributed by atoms with Gasteiger partial charge in [-0.25, -0.2) is 14.8 Å². The maximum Gasteiger partial charge on any atom is 0.329 e. The van der Waals surface area contributed by atoms with Crippen LogP contribution >= 0.6 is 0 Å². The van der Waals surface area contributed by atoms with E-state index in [4.69, 9.17) is 5.26 Å². The number of nitrogens with zero attached hydrogens (tertiary/aromatic N) is 3. The lowest BCUT2D eigenvalue weighted by Gasteiger charge is -2.29. The van der Waals surface area contributed by atoms with E-state index in [-0.39, 0.29) is 11.6 Å². The molecule has 1 fully saturated rings. The minimum absolute atomic E-state index is 0.211. The van der Waals surface area contributed by atoms with Crippen molar-refractivity contribution in [2.24, 2.45) is 0 Å². The van der Waals surface area contributed by atoms with E-state index in [0.29, 0.717) is 12.8 Å². The van der Waals surface area contributed by atoms with Gasteiger partial charge in [0.1, 0.15) is 17.3 Å². The minimum Gasteiger partial charge on any atom is -0.480 e. The number of nitrogens with one attached hydrogen (secondary N) is 1. The van der Waals surface area contributed by atoms with E-state index in [1.54, 1.807) is 0 Å². The number of anilines is 1. The van der Waals surface area contributed by atoms with Crippen LogP contribution in [0.1, 0.15) is 44.2 Å². The number of aliphatic carboxylic acids is 1. The van der Waals surface area contributed by atoms with E-state index in [9.17, 15) is 9.90 Å². The Morgan fingerprint density at radius 2 is 2.05 bits per heavy atom. The molecule has 2 N–H and O–H groups in total. The van der Waals surface area contributed by atoms with Gasteiger partial charge in [-0.15, -0.1) is 0 Å². The van der Waals surface area contributed by atoms with E-state index in [0.717, 1.165) is 25.7 Å². The molecular weight excluding hydrogens is 244 g/mol. The number of nitriles is 1. The van der Waals surface area contributed by atoms with Gasteiger partial charge in [0.15, 0.2) is 0 Å². The molecule has 0 atom stereocenters. The summed E-state index contributed by atoms with van der Waals surface area (Å²) in [4.78, 5) is 19.6. The number of aromatic nitrogens is 2. The molecule has 0 bridgehead atoms. The average molecular weight is 260 g/mol. The highest BCUT2D eigenvalue weighted by molar-refractivity contribution is 5.82. The molecule has 0 aromatic carbocycles. The summed E-state index contributed by atoms with van der Waals surface area (Å²) in [6.07, 6.45) is 6.42. The van der Waals surface area contributed by atoms with Crippen LogP contribution in [0.2, 0.25) is 0 Å². The SMILES string of the molecule is N#Cc1ccnc(NC2(C(=O)O)CCCCCC2)n1. The topological polar surface area (TPSA) is 98.9 Å². The molecule has 1 aliphatic carbocycles. The van der Waals surface area contributed by atoms with Crippen LogP contribution in [0.15, 0.2) is 12.3 Å². The Hall–Kier alpha value is -2.16. The highest BCUT2D eigenvalue weighted by Gasteiger charge is 2.39. The molecule has 6 nitrogen and oxygen atoms in total. The zero-order chi connectivity index (χ0) is 13.7. The van der Waals surface area contributed by atoms with Gasteiger partial charge >= 0.3 is 5.97 Å². The summed E-state index contributed by atoms with van der Waals surface area (Å²) in [5.41, 5.74) is -0.781. The molecule has 100 valence electrons. The summed E-state index contributed by atoms with van der Waals surface area (Å²) in [5.74, 6) is -0.663. The molecule has 0 unspecified atom stereocenters. The van der Waals surface area contributed by atoms with Crippen LogP contribution in [0, 0.1) is 11.3 Å². The first-order valence-electron chi connectivity index (χ1n) is 6.41. The molecule has 0 saturated heterocycles. The average Bonchev–Trinajstić information content (AvgIpc) is 2.65. The van der Waals surface area contributed by atoms with Crippen LogP contribution in [0.3, 0.4) is 0 Å². The van der Waals surface area contributed by atoms with Gasteiger partial charge in [-0.05, 0) is 18.9 Å². The smallest absolute Gasteiger partial charge is 0.329 e. The van der Waals surface area contributed by atoms with Crippen molar-refractivity contribution < 1.29 is 9.90 Å². The highest BCUT2D eigenvalue weighted by atomic mass is 16.4. The molecule has 2 rings (SSSR count). The molecular formula is C13H16N4O2. The Morgan fingerprint density at radius 1 is 1.37 bits per heavy atom. The van der Waals surface area contributed by atoms with Gasteiger partial charge in [0.05, 0.1) is 0 Å². The van der Waals surface area contributed by atoms with E-state index in [1.165, 1.54) is 12.3 Å². The van der Waals surface area contributed by atoms with Crippen LogP contribution < -0.4 is 5.32 Å². The first kappa shape index (κ1) is 13.3. The zero-order valence-corrected chi connectivity index (χ0v) is 10.6. The van der Waals surface area contributed by atoms with Gasteiger partial charge in [-0.2, -0.15) is 5.26 Å². The Balaban J connectivity index is 2.25. The van der Waals surface area contributed by atoms with Crippen molar-refractivity contribution >= 4 is 11.9 Å². The quantitative estimate of drug-likeness (QED) is 0.806. The summed E-state index contributed by atoms with van der Waals surface area (Å²) in [7, 11) is 0. The molecule has 1 aliphatic rings. The highest BCUT2D eigenvalue weighted by Crippen LogP contribution is 2.30. The van der Waals surface area contributed by atoms with Gasteiger partial charge in [-0.1, -0.05) is 25.7 Å². The lowest BCUT2D eigenvalue weighted by molar-refractivity contribution is -0.142. The number of carboxylic acids is 1. The number of hydrogen-bond donors (Lipinski definition) is 2. The normalized spacial score (nSPS) is 18.1. The van der Waals surface area contributed by atoms with Gasteiger partial charge in [-0.3, -0.25) is 0 Å². The summed E-state index contributed by atoms with van der Waals surface area (Å²) < 4.78 is 0. The molecule has 0 radical (unpaired) electrons. The lowest BCUT2D eigenvalue weighted by atomic mass is 9.90. The van der Waals surface area contributed by atoms with E-state index < -0.39 is 11.5 Å². The first-order chi connectivity index (χ1) is 9.16. The molecule has 6 heteroatoms. The Kier molecular flexibility index (Phi) is 3.95. The van der Waals surface area contributed by atoms with Crippen molar-refractivity contribution in [3.8, 4) is 6.07 Å². The minimum atomic E-state index is -1.01. The van der Waals surface area contributed by atoms with E-state index >= 15 is 0 Å². The predicted molar refractivity (Wildman–Crippen MR) is 68.4 cm³/mol. The summed E-state index contributed by atoms with van der Waals surface area (Å²) in [5, 5.41) is 21.3. The zero-order valence-electron chi connectivity index (χ0n) is 10.6. The second kappa shape index (κ2) is 5.65. The Bertz CT molecular complexity index is 502. The number of rotatable bonds is 3. The number of hydrogen-bond acceptors (Lipinski definition) is 5. The Morgan fingerprint density at radius 3 is 2.63 bits per heavy atom. The third-order valence-corrected chi connectivity index (χ3v) is 3.49. The molecule has 0 amide bonds. The molecule has 1 aromatic heterocycles. The third kappa shape index (κ3) is 2.99. The molecule has 0 aliphatic heterocycles. The van der Waals surface area contributed by atoms with Crippen molar-refractivity contribution in [2.75, 3.05) is 5.32 Å². The maximum atomic E-state index is 11.6. The van der Waals surface area contributed by atoms with Crippen molar-refractivity contribution in [2.45, 2.75) is 44.1 Å². The summed E-state index contributed by atoms with van der Waals surface area (Å²) in [6, 6.07) is 3.41. The number of carbonyl (C=O) groups is 1. The molecule has 1 saturated carbocycles. The molecule has 0 spiro atoms. The summed E-state index contributed by atoms with van der Waals surface area (Å²) >= 11 is 0. The van der Waals surface area contributed by atoms with Crippen LogP contribution in [-0.4, -0.2) is 26.6 Å². The Labute approximate surface area is 111 Å². The summed E-state index contributed by atoms with van der Waals surface area (Å²) in [6.45, 7) is 0. The van der Waals surface area contributed by atoms with Gasteiger partial charge in [0, 0.05) is 6.20 Å². The predicted octanol–water partition coefficient (Wildman–Crippen LogP) is 1.94. The van der Waals surface area contributed by atoms with Crippen molar-refractivity contribution in [3.63, 3.8) is 0 Å². The van der Waals surface area contributed by atoms with Gasteiger partial charge in [0.25, 0.3) is 0 Å². The van der Waals surface area contributed by atoms with E-state index in [1.807, 2.05) is 6.07 Å². The lowest BCUT2D eigenvalue weighted by Crippen LogP contribution is -2.46. The fourth-order valence-electron chi connectivity index (χ4n) is 2.42. The number of carboxylic acid groups (broad SMARTS) is 1. The standard InChI is InChI=1S/C13H16N4O2/c14-9-10-5-8-15-12(16-10)17-13(11(18)19)6-3-1-2-4-7-13/h5,8H,1-4,6-7H2,(H,18,19)(H,15,16,17). The van der Waals surface area contributed by atoms with Crippen molar-refractivity contribution in [3.05, 3.63) is 18.0 Å². The molecule has 1 aromatic rings. The van der Waals surface area contributed by atoms with Gasteiger partial charge < -0.3 is 10.4 Å². The fraction of sp³-hybridized carbons (Fsp3) is 0.538. The van der Waals surface area contributed by atoms with Crippen LogP contribution in [-0.2, 0) is 4.79 Å². The van der Waals surface area contributed by atoms with E-state index in [2.05, 4.69) is 15.3 Å². The maximum absolute atomic E-state index is 11.6. The molecule has 19 heavy (non-hydrogen) atoms. The van der Waals surface area contributed by atoms with Crippen molar-refractivity contribution in [1.29, 1.82) is 5.26 Å². The van der Waals surface area contributed by atoms with Crippen LogP contribution in [0.5, 0.6) is 0 Å². The first-order valence-corrected chi connectivity index (χ1v) is 6.41. The van der Waals surface area contributed by atoms with Crippen LogP contribution in [0.25, 0.3) is 0 Å². The molecule has 1 heterocycles. The largest absolute Gasteiger partial charge is 0.480 e. The fourth-order valence-corrected chi connectivity index (χ4v) is 2.42. The van der Waals surface area contributed by atoms with Crippen LogP contribution in [0.4, 0.5) is 5.95 Å². The monoisotopic (exact) mass is 260 g/mol. The van der Waals surface area contributed by atoms with Crippen molar-refractivity contribution in [1.82, 2.24) is 9.97 Å². The second-order valence-electron chi connectivity index (χ2n) is 4.80. The third-order valence-electron chi connectivity index (χ3n) is 3.49. The van der Waals surface area contributed by atoms with Gasteiger partial charge in [0.2, 0.25) is 5.95 Å². The second-order valence-corrected chi connectivity index (χ2v) is 4.80.